The van der Waals surface area contributed by atoms with Gasteiger partial charge in [-0.15, -0.1) is 0 Å². The van der Waals surface area contributed by atoms with Gasteiger partial charge in [0.15, 0.2) is 0 Å². The molecule has 0 saturated carbocycles. The predicted molar refractivity (Wildman–Crippen MR) is 114 cm³/mol. The van der Waals surface area contributed by atoms with Gasteiger partial charge in [-0.3, -0.25) is 29.2 Å². The second-order valence-electron chi connectivity index (χ2n) is 8.15. The molecule has 0 aromatic rings. The number of amides is 1. The molecule has 3 N–H and O–H groups in total. The molecule has 1 aliphatic heterocycles. The number of esters is 1. The van der Waals surface area contributed by atoms with Crippen molar-refractivity contribution in [2.45, 2.75) is 6.04 Å². The van der Waals surface area contributed by atoms with Gasteiger partial charge in [-0.05, 0) is 0 Å². The molecule has 1 amide bonds. The first-order valence-corrected chi connectivity index (χ1v) is 11.1. The monoisotopic (exact) mass is 659 g/mol. The van der Waals surface area contributed by atoms with E-state index >= 15 is 0 Å². The van der Waals surface area contributed by atoms with Crippen molar-refractivity contribution >= 4 is 29.8 Å². The van der Waals surface area contributed by atoms with Crippen LogP contribution in [-0.4, -0.2) is 148 Å². The van der Waals surface area contributed by atoms with E-state index in [1.54, 1.807) is 19.6 Å². The number of nitrogens with two attached hydrogens (primary N) is 1. The number of carboxylic acid groups (broad SMARTS) is 3. The molecule has 1 unspecified atom stereocenters. The predicted octanol–water partition coefficient (Wildman–Crippen LogP) is -7.93. The van der Waals surface area contributed by atoms with Crippen LogP contribution in [0.25, 0.3) is 0 Å². The molecule has 0 aliphatic carbocycles. The maximum absolute atomic E-state index is 12.2. The number of carbonyl (C=O) groups is 5. The Morgan fingerprint density at radius 2 is 1.08 bits per heavy atom. The number of rotatable bonds is 11. The van der Waals surface area contributed by atoms with E-state index < -0.39 is 35.8 Å². The average molecular weight is 659 g/mol. The smallest absolute Gasteiger partial charge is 0.549 e. The molecule has 36 heavy (non-hydrogen) atoms. The molecule has 0 aromatic heterocycles. The van der Waals surface area contributed by atoms with E-state index in [-0.39, 0.29) is 125 Å². The molecule has 0 spiro atoms. The molecular weight excluding hydrogens is 626 g/mol. The van der Waals surface area contributed by atoms with E-state index in [9.17, 15) is 39.3 Å². The van der Waals surface area contributed by atoms with Crippen LogP contribution >= 0.6 is 0 Å². The van der Waals surface area contributed by atoms with Crippen molar-refractivity contribution < 1.29 is 84.0 Å². The molecule has 15 nitrogen and oxygen atoms in total. The molecule has 1 heterocycles. The van der Waals surface area contributed by atoms with Crippen LogP contribution in [0.15, 0.2) is 0 Å². The normalized spacial score (nSPS) is 18.1. The summed E-state index contributed by atoms with van der Waals surface area (Å²) in [5.74, 6) is -5.12. The number of aliphatic carboxylic acids is 3. The summed E-state index contributed by atoms with van der Waals surface area (Å²) in [4.78, 5) is 63.4. The summed E-state index contributed by atoms with van der Waals surface area (Å²) in [6, 6.07) is -1.02. The Kier molecular flexibility index (Phi) is 17.9. The van der Waals surface area contributed by atoms with Crippen LogP contribution in [0.1, 0.15) is 0 Å². The third kappa shape index (κ3) is 15.6. The topological polar surface area (TPSA) is 215 Å². The molecule has 1 rings (SSSR count). The van der Waals surface area contributed by atoms with Crippen LogP contribution in [0.2, 0.25) is 0 Å². The summed E-state index contributed by atoms with van der Waals surface area (Å²) >= 11 is 0. The minimum atomic E-state index is -1.30. The molecular formula is C20H33GdN6O9. The molecule has 1 atom stereocenters. The van der Waals surface area contributed by atoms with Gasteiger partial charge in [-0.1, -0.05) is 0 Å². The zero-order valence-corrected chi connectivity index (χ0v) is 22.4. The minimum absolute atomic E-state index is 0. The fourth-order valence-electron chi connectivity index (χ4n) is 3.51. The number of carbonyl (C=O) groups excluding carboxylic acids is 5. The van der Waals surface area contributed by atoms with Crippen molar-refractivity contribution in [3.05, 3.63) is 0 Å². The first-order valence-electron chi connectivity index (χ1n) is 11.1. The van der Waals surface area contributed by atoms with Crippen molar-refractivity contribution in [3.8, 4) is 0 Å². The van der Waals surface area contributed by atoms with Crippen LogP contribution in [0.3, 0.4) is 0 Å². The Morgan fingerprint density at radius 3 is 1.39 bits per heavy atom. The number of carboxylic acids is 3. The number of nitrogens with zero attached hydrogens (tertiary/aromatic N) is 4. The van der Waals surface area contributed by atoms with Gasteiger partial charge < -0.3 is 45.5 Å². The quantitative estimate of drug-likeness (QED) is 0.197. The first kappa shape index (κ1) is 34.5. The van der Waals surface area contributed by atoms with Gasteiger partial charge in [-0.25, -0.2) is 0 Å². The minimum Gasteiger partial charge on any atom is -0.549 e. The largest absolute Gasteiger partial charge is 3.00 e. The number of hydrogen-bond donors (Lipinski definition) is 2. The summed E-state index contributed by atoms with van der Waals surface area (Å²) in [7, 11) is 1.18. The zero-order chi connectivity index (χ0) is 26.4. The van der Waals surface area contributed by atoms with E-state index in [1.165, 1.54) is 7.11 Å². The third-order valence-corrected chi connectivity index (χ3v) is 5.41. The van der Waals surface area contributed by atoms with Crippen molar-refractivity contribution in [2.75, 3.05) is 92.2 Å². The standard InChI is InChI=1S/C20H36N6O9.Gd/c1-35-19(33)10-22-20(34)15(21)11-23-2-4-24(12-16(27)28)6-8-26(14-18(31)32)9-7-25(5-3-23)13-17(29)30;/h15H,2-14,21H2,1H3,(H,22,34)(H,27,28)(H,29,30)(H,31,32);/q;+3/p-3. The Hall–Kier alpha value is -1.53. The van der Waals surface area contributed by atoms with Crippen LogP contribution in [0.4, 0.5) is 0 Å². The fraction of sp³-hybridized carbons (Fsp3) is 0.750. The Morgan fingerprint density at radius 1 is 0.750 bits per heavy atom. The molecule has 0 aromatic carbocycles. The van der Waals surface area contributed by atoms with Crippen molar-refractivity contribution in [2.24, 2.45) is 5.73 Å². The second-order valence-corrected chi connectivity index (χ2v) is 8.15. The van der Waals surface area contributed by atoms with Crippen molar-refractivity contribution in [1.82, 2.24) is 24.9 Å². The molecule has 16 heteroatoms. The first-order chi connectivity index (χ1) is 16.5. The van der Waals surface area contributed by atoms with Gasteiger partial charge in [0.05, 0.1) is 31.1 Å². The van der Waals surface area contributed by atoms with Gasteiger partial charge in [0.2, 0.25) is 5.91 Å². The van der Waals surface area contributed by atoms with Crippen LogP contribution in [-0.2, 0) is 28.7 Å². The van der Waals surface area contributed by atoms with Gasteiger partial charge in [0.25, 0.3) is 0 Å². The maximum Gasteiger partial charge on any atom is 3.00 e. The summed E-state index contributed by atoms with van der Waals surface area (Å²) in [6.45, 7) is 0.440. The van der Waals surface area contributed by atoms with Gasteiger partial charge in [0.1, 0.15) is 6.54 Å². The SMILES string of the molecule is COC(=O)CNC(=O)C(N)CN1CCN(CC(=O)[O-])CCN(CC(=O)[O-])CCN(CC(=O)[O-])CC1.[Gd+3]. The molecule has 0 bridgehead atoms. The van der Waals surface area contributed by atoms with E-state index in [2.05, 4.69) is 10.1 Å². The van der Waals surface area contributed by atoms with Crippen molar-refractivity contribution in [3.63, 3.8) is 0 Å². The zero-order valence-electron chi connectivity index (χ0n) is 20.2. The maximum atomic E-state index is 12.2. The van der Waals surface area contributed by atoms with E-state index in [1.807, 2.05) is 0 Å². The molecule has 1 aliphatic rings. The van der Waals surface area contributed by atoms with E-state index in [0.29, 0.717) is 0 Å². The average Bonchev–Trinajstić information content (AvgIpc) is 2.77. The number of methoxy groups -OCH3 is 1. The Labute approximate surface area is 241 Å². The van der Waals surface area contributed by atoms with Gasteiger partial charge in [-0.2, -0.15) is 0 Å². The molecule has 1 radical (unpaired) electrons. The van der Waals surface area contributed by atoms with Gasteiger partial charge in [0, 0.05) is 78.5 Å². The van der Waals surface area contributed by atoms with Crippen LogP contribution < -0.4 is 26.4 Å². The second kappa shape index (κ2) is 18.7. The summed E-state index contributed by atoms with van der Waals surface area (Å²) in [5.41, 5.74) is 5.98. The third-order valence-electron chi connectivity index (χ3n) is 5.41. The van der Waals surface area contributed by atoms with Crippen LogP contribution in [0, 0.1) is 39.9 Å². The number of ether oxygens (including phenoxy) is 1. The van der Waals surface area contributed by atoms with Gasteiger partial charge >= 0.3 is 45.9 Å². The van der Waals surface area contributed by atoms with E-state index in [4.69, 9.17) is 5.73 Å². The van der Waals surface area contributed by atoms with Crippen molar-refractivity contribution in [1.29, 1.82) is 0 Å². The number of nitrogens with one attached hydrogen (secondary N) is 1. The van der Waals surface area contributed by atoms with E-state index in [0.717, 1.165) is 0 Å². The Bertz CT molecular complexity index is 712. The molecule has 1 saturated heterocycles. The molecule has 205 valence electrons. The fourth-order valence-corrected chi connectivity index (χ4v) is 3.51. The summed E-state index contributed by atoms with van der Waals surface area (Å²) < 4.78 is 4.46. The summed E-state index contributed by atoms with van der Waals surface area (Å²) in [6.07, 6.45) is 0. The summed E-state index contributed by atoms with van der Waals surface area (Å²) in [5, 5.41) is 35.8. The van der Waals surface area contributed by atoms with Crippen LogP contribution in [0.5, 0.6) is 0 Å². The molecule has 1 fully saturated rings. The number of hydrogen-bond acceptors (Lipinski definition) is 14. The Balaban J connectivity index is 0.0000122.